The maximum absolute atomic E-state index is 11.5. The number of hydrogen-bond acceptors (Lipinski definition) is 6. The molecule has 0 aliphatic rings. The molecular formula is C14H16NO6-. The van der Waals surface area contributed by atoms with E-state index in [0.29, 0.717) is 0 Å². The summed E-state index contributed by atoms with van der Waals surface area (Å²) >= 11 is 0. The van der Waals surface area contributed by atoms with Gasteiger partial charge in [0.05, 0.1) is 19.1 Å². The second-order valence-electron chi connectivity index (χ2n) is 4.19. The second kappa shape index (κ2) is 8.57. The molecule has 0 heterocycles. The molecule has 1 aromatic rings. The number of esters is 1. The maximum Gasteiger partial charge on any atom is 0.407 e. The second-order valence-corrected chi connectivity index (χ2v) is 4.19. The van der Waals surface area contributed by atoms with Gasteiger partial charge in [0.15, 0.2) is 0 Å². The quantitative estimate of drug-likeness (QED) is 0.709. The van der Waals surface area contributed by atoms with Gasteiger partial charge >= 0.3 is 12.1 Å². The van der Waals surface area contributed by atoms with Crippen LogP contribution in [0.2, 0.25) is 0 Å². The van der Waals surface area contributed by atoms with E-state index in [9.17, 15) is 19.5 Å². The van der Waals surface area contributed by atoms with Gasteiger partial charge < -0.3 is 24.7 Å². The van der Waals surface area contributed by atoms with Crippen LogP contribution in [0, 0.1) is 0 Å². The van der Waals surface area contributed by atoms with Crippen LogP contribution in [-0.2, 0) is 25.7 Å². The van der Waals surface area contributed by atoms with E-state index in [1.807, 2.05) is 6.07 Å². The predicted molar refractivity (Wildman–Crippen MR) is 69.8 cm³/mol. The van der Waals surface area contributed by atoms with Gasteiger partial charge in [-0.3, -0.25) is 4.79 Å². The van der Waals surface area contributed by atoms with Crippen LogP contribution < -0.4 is 10.4 Å². The van der Waals surface area contributed by atoms with Crippen LogP contribution in [0.4, 0.5) is 4.79 Å². The van der Waals surface area contributed by atoms with Crippen molar-refractivity contribution in [2.45, 2.75) is 25.5 Å². The monoisotopic (exact) mass is 294 g/mol. The molecule has 0 aliphatic heterocycles. The van der Waals surface area contributed by atoms with Gasteiger partial charge in [0.1, 0.15) is 6.61 Å². The third-order valence-electron chi connectivity index (χ3n) is 2.65. The average Bonchev–Trinajstić information content (AvgIpc) is 2.49. The molecule has 1 aromatic carbocycles. The number of carbonyl (C=O) groups excluding carboxylic acids is 3. The van der Waals surface area contributed by atoms with Crippen LogP contribution in [0.5, 0.6) is 0 Å². The molecule has 0 aromatic heterocycles. The SMILES string of the molecule is COC(=O)CC[C@H](NC(=O)OCc1ccccc1)C(=O)[O-]. The Morgan fingerprint density at radius 2 is 1.90 bits per heavy atom. The van der Waals surface area contributed by atoms with Gasteiger partial charge in [-0.25, -0.2) is 4.79 Å². The van der Waals surface area contributed by atoms with Crippen LogP contribution in [-0.4, -0.2) is 31.2 Å². The summed E-state index contributed by atoms with van der Waals surface area (Å²) in [6.45, 7) is 0.0173. The molecule has 0 saturated carbocycles. The Morgan fingerprint density at radius 1 is 1.24 bits per heavy atom. The molecule has 0 unspecified atom stereocenters. The zero-order valence-electron chi connectivity index (χ0n) is 11.5. The zero-order chi connectivity index (χ0) is 15.7. The number of ether oxygens (including phenoxy) is 2. The summed E-state index contributed by atoms with van der Waals surface area (Å²) < 4.78 is 9.28. The summed E-state index contributed by atoms with van der Waals surface area (Å²) in [5.41, 5.74) is 0.771. The first-order valence-corrected chi connectivity index (χ1v) is 6.28. The molecule has 7 heteroatoms. The third kappa shape index (κ3) is 6.42. The predicted octanol–water partition coefficient (Wildman–Crippen LogP) is -0.0155. The lowest BCUT2D eigenvalue weighted by atomic mass is 10.1. The smallest absolute Gasteiger partial charge is 0.407 e. The number of carboxylic acid groups (broad SMARTS) is 1. The molecule has 21 heavy (non-hydrogen) atoms. The van der Waals surface area contributed by atoms with E-state index >= 15 is 0 Å². The summed E-state index contributed by atoms with van der Waals surface area (Å²) in [6.07, 6.45) is -1.17. The van der Waals surface area contributed by atoms with Crippen molar-refractivity contribution in [3.8, 4) is 0 Å². The molecule has 1 amide bonds. The van der Waals surface area contributed by atoms with Gasteiger partial charge in [0, 0.05) is 6.42 Å². The number of rotatable bonds is 7. The summed E-state index contributed by atoms with van der Waals surface area (Å²) in [5, 5.41) is 13.0. The Kier molecular flexibility index (Phi) is 6.73. The number of carboxylic acids is 1. The Balaban J connectivity index is 2.41. The van der Waals surface area contributed by atoms with Crippen molar-refractivity contribution in [1.29, 1.82) is 0 Å². The molecule has 0 radical (unpaired) electrons. The highest BCUT2D eigenvalue weighted by Crippen LogP contribution is 2.02. The minimum Gasteiger partial charge on any atom is -0.548 e. The minimum absolute atomic E-state index is 0.0173. The van der Waals surface area contributed by atoms with Crippen molar-refractivity contribution in [3.05, 3.63) is 35.9 Å². The van der Waals surface area contributed by atoms with Crippen LogP contribution in [0.25, 0.3) is 0 Å². The first kappa shape index (κ1) is 16.5. The van der Waals surface area contributed by atoms with Crippen LogP contribution in [0.15, 0.2) is 30.3 Å². The Morgan fingerprint density at radius 3 is 2.48 bits per heavy atom. The molecule has 7 nitrogen and oxygen atoms in total. The Labute approximate surface area is 121 Å². The molecule has 0 spiro atoms. The highest BCUT2D eigenvalue weighted by molar-refractivity contribution is 5.79. The number of aliphatic carboxylic acids is 1. The van der Waals surface area contributed by atoms with E-state index in [1.54, 1.807) is 24.3 Å². The number of benzene rings is 1. The van der Waals surface area contributed by atoms with Crippen molar-refractivity contribution in [2.75, 3.05) is 7.11 Å². The van der Waals surface area contributed by atoms with E-state index in [0.717, 1.165) is 5.56 Å². The summed E-state index contributed by atoms with van der Waals surface area (Å²) in [6, 6.07) is 7.62. The van der Waals surface area contributed by atoms with Gasteiger partial charge in [-0.05, 0) is 12.0 Å². The fourth-order valence-electron chi connectivity index (χ4n) is 1.52. The topological polar surface area (TPSA) is 105 Å². The molecule has 0 aliphatic carbocycles. The fraction of sp³-hybridized carbons (Fsp3) is 0.357. The minimum atomic E-state index is -1.49. The fourth-order valence-corrected chi connectivity index (χ4v) is 1.52. The lowest BCUT2D eigenvalue weighted by molar-refractivity contribution is -0.308. The van der Waals surface area contributed by atoms with E-state index in [1.165, 1.54) is 7.11 Å². The number of methoxy groups -OCH3 is 1. The molecule has 114 valence electrons. The van der Waals surface area contributed by atoms with Crippen LogP contribution in [0.3, 0.4) is 0 Å². The number of hydrogen-bond donors (Lipinski definition) is 1. The van der Waals surface area contributed by atoms with Crippen molar-refractivity contribution in [2.24, 2.45) is 0 Å². The molecule has 1 rings (SSSR count). The summed E-state index contributed by atoms with van der Waals surface area (Å²) in [7, 11) is 1.19. The third-order valence-corrected chi connectivity index (χ3v) is 2.65. The van der Waals surface area contributed by atoms with Crippen molar-refractivity contribution < 1.29 is 29.0 Å². The van der Waals surface area contributed by atoms with Crippen LogP contribution >= 0.6 is 0 Å². The standard InChI is InChI=1S/C14H17NO6/c1-20-12(16)8-7-11(13(17)18)15-14(19)21-9-10-5-3-2-4-6-10/h2-6,11H,7-9H2,1H3,(H,15,19)(H,17,18)/p-1/t11-/m0/s1. The van der Waals surface area contributed by atoms with Crippen LogP contribution in [0.1, 0.15) is 18.4 Å². The molecule has 1 atom stereocenters. The van der Waals surface area contributed by atoms with Crippen molar-refractivity contribution in [3.63, 3.8) is 0 Å². The first-order chi connectivity index (χ1) is 10.0. The van der Waals surface area contributed by atoms with Gasteiger partial charge in [0.2, 0.25) is 0 Å². The lowest BCUT2D eigenvalue weighted by Crippen LogP contribution is -2.48. The average molecular weight is 294 g/mol. The lowest BCUT2D eigenvalue weighted by Gasteiger charge is -2.18. The molecule has 0 bridgehead atoms. The normalized spacial score (nSPS) is 11.3. The molecule has 1 N–H and O–H groups in total. The first-order valence-electron chi connectivity index (χ1n) is 6.28. The number of nitrogens with one attached hydrogen (secondary N) is 1. The van der Waals surface area contributed by atoms with E-state index < -0.39 is 24.1 Å². The maximum atomic E-state index is 11.5. The van der Waals surface area contributed by atoms with Gasteiger partial charge in [-0.15, -0.1) is 0 Å². The molecule has 0 fully saturated rings. The highest BCUT2D eigenvalue weighted by Gasteiger charge is 2.16. The summed E-state index contributed by atoms with van der Waals surface area (Å²) in [5.74, 6) is -2.06. The molecular weight excluding hydrogens is 278 g/mol. The largest absolute Gasteiger partial charge is 0.548 e. The van der Waals surface area contributed by atoms with E-state index in [2.05, 4.69) is 10.1 Å². The Hall–Kier alpha value is -2.57. The number of alkyl carbamates (subject to hydrolysis) is 1. The van der Waals surface area contributed by atoms with E-state index in [4.69, 9.17) is 4.74 Å². The van der Waals surface area contributed by atoms with Crippen molar-refractivity contribution in [1.82, 2.24) is 5.32 Å². The number of amides is 1. The zero-order valence-corrected chi connectivity index (χ0v) is 11.5. The number of carbonyl (C=O) groups is 3. The van der Waals surface area contributed by atoms with E-state index in [-0.39, 0.29) is 19.4 Å². The Bertz CT molecular complexity index is 487. The van der Waals surface area contributed by atoms with Crippen molar-refractivity contribution >= 4 is 18.0 Å². The van der Waals surface area contributed by atoms with Gasteiger partial charge in [-0.2, -0.15) is 0 Å². The van der Waals surface area contributed by atoms with Gasteiger partial charge in [0.25, 0.3) is 0 Å². The highest BCUT2D eigenvalue weighted by atomic mass is 16.5. The summed E-state index contributed by atoms with van der Waals surface area (Å²) in [4.78, 5) is 33.3. The molecule has 0 saturated heterocycles. The van der Waals surface area contributed by atoms with Gasteiger partial charge in [-0.1, -0.05) is 30.3 Å².